The Bertz CT molecular complexity index is 914. The van der Waals surface area contributed by atoms with Crippen molar-refractivity contribution in [3.63, 3.8) is 0 Å². The Morgan fingerprint density at radius 1 is 1.10 bits per heavy atom. The van der Waals surface area contributed by atoms with Crippen molar-refractivity contribution < 1.29 is 23.1 Å². The van der Waals surface area contributed by atoms with Gasteiger partial charge in [0.2, 0.25) is 10.0 Å². The number of carbonyl (C=O) groups is 1. The highest BCUT2D eigenvalue weighted by atomic mass is 32.2. The molecular formula is C21H28N2O5S. The molecule has 3 N–H and O–H groups in total. The summed E-state index contributed by atoms with van der Waals surface area (Å²) in [6, 6.07) is 12.7. The Labute approximate surface area is 172 Å². The zero-order chi connectivity index (χ0) is 21.4. The van der Waals surface area contributed by atoms with Crippen molar-refractivity contribution in [3.05, 3.63) is 59.7 Å². The lowest BCUT2D eigenvalue weighted by atomic mass is 10.1. The predicted octanol–water partition coefficient (Wildman–Crippen LogP) is 3.65. The van der Waals surface area contributed by atoms with Crippen LogP contribution in [0.1, 0.15) is 49.2 Å². The quantitative estimate of drug-likeness (QED) is 0.479. The number of carboxylic acids is 1. The van der Waals surface area contributed by atoms with Gasteiger partial charge < -0.3 is 15.2 Å². The van der Waals surface area contributed by atoms with Gasteiger partial charge in [0.15, 0.2) is 0 Å². The fraction of sp³-hybridized carbons (Fsp3) is 0.381. The van der Waals surface area contributed by atoms with Crippen LogP contribution in [0.4, 0.5) is 5.69 Å². The van der Waals surface area contributed by atoms with Gasteiger partial charge in [0, 0.05) is 19.2 Å². The number of aromatic carboxylic acids is 1. The van der Waals surface area contributed by atoms with Gasteiger partial charge in [-0.1, -0.05) is 30.3 Å². The molecule has 2 aromatic rings. The molecule has 0 saturated heterocycles. The van der Waals surface area contributed by atoms with Gasteiger partial charge in [-0.3, -0.25) is 0 Å². The van der Waals surface area contributed by atoms with Crippen LogP contribution in [-0.2, 0) is 14.8 Å². The lowest BCUT2D eigenvalue weighted by Crippen LogP contribution is -2.28. The molecule has 0 bridgehead atoms. The summed E-state index contributed by atoms with van der Waals surface area (Å²) in [4.78, 5) is 11.3. The van der Waals surface area contributed by atoms with E-state index >= 15 is 0 Å². The van der Waals surface area contributed by atoms with Crippen molar-refractivity contribution in [1.82, 2.24) is 4.72 Å². The highest BCUT2D eigenvalue weighted by Gasteiger charge is 2.23. The lowest BCUT2D eigenvalue weighted by Gasteiger charge is -2.18. The van der Waals surface area contributed by atoms with E-state index in [2.05, 4.69) is 10.0 Å². The molecule has 1 atom stereocenters. The molecule has 29 heavy (non-hydrogen) atoms. The number of sulfonamides is 1. The van der Waals surface area contributed by atoms with E-state index < -0.39 is 22.0 Å². The van der Waals surface area contributed by atoms with Crippen LogP contribution in [0.25, 0.3) is 0 Å². The Balaban J connectivity index is 2.22. The standard InChI is InChI=1S/C21H28N2O5S/c1-15(2)28-13-7-12-22-19-11-10-18(21(24)25)14-20(19)29(26,27)23-16(3)17-8-5-4-6-9-17/h4-6,8-11,14-16,22-23H,7,12-13H2,1-3H3,(H,24,25)/t16-/m1/s1. The minimum Gasteiger partial charge on any atom is -0.478 e. The van der Waals surface area contributed by atoms with Gasteiger partial charge in [0.1, 0.15) is 4.90 Å². The normalized spacial score (nSPS) is 12.7. The molecule has 0 saturated carbocycles. The summed E-state index contributed by atoms with van der Waals surface area (Å²) in [5.74, 6) is -1.19. The molecule has 0 radical (unpaired) electrons. The molecule has 0 spiro atoms. The van der Waals surface area contributed by atoms with Gasteiger partial charge in [0.25, 0.3) is 0 Å². The largest absolute Gasteiger partial charge is 0.478 e. The highest BCUT2D eigenvalue weighted by Crippen LogP contribution is 2.25. The van der Waals surface area contributed by atoms with Crippen LogP contribution in [0.15, 0.2) is 53.4 Å². The average Bonchev–Trinajstić information content (AvgIpc) is 2.67. The molecule has 0 aliphatic rings. The maximum Gasteiger partial charge on any atom is 0.335 e. The van der Waals surface area contributed by atoms with Crippen molar-refractivity contribution in [3.8, 4) is 0 Å². The number of benzene rings is 2. The number of rotatable bonds is 11. The first-order valence-electron chi connectivity index (χ1n) is 9.51. The van der Waals surface area contributed by atoms with E-state index in [1.54, 1.807) is 6.92 Å². The molecule has 8 heteroatoms. The molecule has 0 aliphatic heterocycles. The van der Waals surface area contributed by atoms with Crippen molar-refractivity contribution in [2.24, 2.45) is 0 Å². The molecule has 158 valence electrons. The van der Waals surface area contributed by atoms with Gasteiger partial charge in [-0.25, -0.2) is 17.9 Å². The summed E-state index contributed by atoms with van der Waals surface area (Å²) in [6.07, 6.45) is 0.816. The Kier molecular flexibility index (Phi) is 8.19. The topological polar surface area (TPSA) is 105 Å². The van der Waals surface area contributed by atoms with Crippen LogP contribution in [0.2, 0.25) is 0 Å². The molecule has 0 heterocycles. The van der Waals surface area contributed by atoms with Crippen molar-refractivity contribution in [1.29, 1.82) is 0 Å². The molecule has 0 amide bonds. The third-order valence-electron chi connectivity index (χ3n) is 4.24. The molecule has 2 rings (SSSR count). The summed E-state index contributed by atoms with van der Waals surface area (Å²) in [5.41, 5.74) is 1.07. The van der Waals surface area contributed by atoms with Gasteiger partial charge in [0.05, 0.1) is 17.4 Å². The van der Waals surface area contributed by atoms with Gasteiger partial charge in [-0.15, -0.1) is 0 Å². The number of hydrogen-bond donors (Lipinski definition) is 3. The van der Waals surface area contributed by atoms with Gasteiger partial charge >= 0.3 is 5.97 Å². The molecule has 0 fully saturated rings. The van der Waals surface area contributed by atoms with Crippen LogP contribution in [0, 0.1) is 0 Å². The van der Waals surface area contributed by atoms with Crippen LogP contribution >= 0.6 is 0 Å². The van der Waals surface area contributed by atoms with E-state index in [4.69, 9.17) is 4.74 Å². The first-order chi connectivity index (χ1) is 13.7. The van der Waals surface area contributed by atoms with Crippen molar-refractivity contribution in [2.75, 3.05) is 18.5 Å². The van der Waals surface area contributed by atoms with E-state index in [0.29, 0.717) is 25.3 Å². The second-order valence-electron chi connectivity index (χ2n) is 6.97. The van der Waals surface area contributed by atoms with Gasteiger partial charge in [-0.05, 0) is 51.0 Å². The highest BCUT2D eigenvalue weighted by molar-refractivity contribution is 7.89. The number of nitrogens with one attached hydrogen (secondary N) is 2. The van der Waals surface area contributed by atoms with Crippen LogP contribution in [0.3, 0.4) is 0 Å². The second-order valence-corrected chi connectivity index (χ2v) is 8.65. The smallest absolute Gasteiger partial charge is 0.335 e. The van der Waals surface area contributed by atoms with Crippen LogP contribution < -0.4 is 10.0 Å². The predicted molar refractivity (Wildman–Crippen MR) is 113 cm³/mol. The summed E-state index contributed by atoms with van der Waals surface area (Å²) in [7, 11) is -3.96. The summed E-state index contributed by atoms with van der Waals surface area (Å²) in [6.45, 7) is 6.67. The molecule has 7 nitrogen and oxygen atoms in total. The summed E-state index contributed by atoms with van der Waals surface area (Å²) in [5, 5.41) is 12.4. The number of anilines is 1. The lowest BCUT2D eigenvalue weighted by molar-refractivity contribution is 0.0696. The number of ether oxygens (including phenoxy) is 1. The third-order valence-corrected chi connectivity index (χ3v) is 5.82. The van der Waals surface area contributed by atoms with Gasteiger partial charge in [-0.2, -0.15) is 0 Å². The Morgan fingerprint density at radius 2 is 1.79 bits per heavy atom. The van der Waals surface area contributed by atoms with Crippen molar-refractivity contribution in [2.45, 2.75) is 44.2 Å². The summed E-state index contributed by atoms with van der Waals surface area (Å²) >= 11 is 0. The molecule has 0 aromatic heterocycles. The maximum atomic E-state index is 13.0. The minimum atomic E-state index is -3.96. The Hall–Kier alpha value is -2.42. The second kappa shape index (κ2) is 10.4. The van der Waals surface area contributed by atoms with E-state index in [1.165, 1.54) is 18.2 Å². The molecule has 0 aliphatic carbocycles. The molecule has 2 aromatic carbocycles. The van der Waals surface area contributed by atoms with Crippen LogP contribution in [-0.4, -0.2) is 38.7 Å². The fourth-order valence-electron chi connectivity index (χ4n) is 2.74. The van der Waals surface area contributed by atoms with E-state index in [1.807, 2.05) is 44.2 Å². The molecule has 0 unspecified atom stereocenters. The first-order valence-corrected chi connectivity index (χ1v) is 11.0. The SMILES string of the molecule is CC(C)OCCCNc1ccc(C(=O)O)cc1S(=O)(=O)N[C@H](C)c1ccccc1. The van der Waals surface area contributed by atoms with Crippen LogP contribution in [0.5, 0.6) is 0 Å². The fourth-order valence-corrected chi connectivity index (χ4v) is 4.18. The average molecular weight is 421 g/mol. The zero-order valence-electron chi connectivity index (χ0n) is 16.9. The monoisotopic (exact) mass is 420 g/mol. The number of hydrogen-bond acceptors (Lipinski definition) is 5. The Morgan fingerprint density at radius 3 is 2.41 bits per heavy atom. The minimum absolute atomic E-state index is 0.0913. The first kappa shape index (κ1) is 22.9. The maximum absolute atomic E-state index is 13.0. The molecular weight excluding hydrogens is 392 g/mol. The van der Waals surface area contributed by atoms with E-state index in [0.717, 1.165) is 5.56 Å². The number of carboxylic acid groups (broad SMARTS) is 1. The third kappa shape index (κ3) is 6.85. The van der Waals surface area contributed by atoms with Crippen molar-refractivity contribution >= 4 is 21.7 Å². The zero-order valence-corrected chi connectivity index (χ0v) is 17.7. The van der Waals surface area contributed by atoms with E-state index in [-0.39, 0.29) is 16.6 Å². The summed E-state index contributed by atoms with van der Waals surface area (Å²) < 4.78 is 34.1. The van der Waals surface area contributed by atoms with E-state index in [9.17, 15) is 18.3 Å².